The molecule has 0 aromatic heterocycles. The zero-order valence-corrected chi connectivity index (χ0v) is 12.3. The van der Waals surface area contributed by atoms with Gasteiger partial charge >= 0.3 is 0 Å². The van der Waals surface area contributed by atoms with Crippen LogP contribution in [0.1, 0.15) is 37.3 Å². The van der Waals surface area contributed by atoms with Crippen LogP contribution in [-0.4, -0.2) is 25.4 Å². The predicted molar refractivity (Wildman–Crippen MR) is 80.9 cm³/mol. The highest BCUT2D eigenvalue weighted by atomic mass is 16.6. The second-order valence-electron chi connectivity index (χ2n) is 5.89. The normalized spacial score (nSPS) is 24.8. The van der Waals surface area contributed by atoms with Crippen molar-refractivity contribution in [2.75, 3.05) is 13.2 Å². The SMILES string of the molecule is CCc1cccc(CC/C(=C/CC2CO2)CC2CO2)c1. The highest BCUT2D eigenvalue weighted by Crippen LogP contribution is 2.25. The number of epoxide rings is 2. The molecule has 2 aliphatic heterocycles. The molecule has 0 N–H and O–H groups in total. The predicted octanol–water partition coefficient (Wildman–Crippen LogP) is 3.69. The van der Waals surface area contributed by atoms with Gasteiger partial charge in [0.25, 0.3) is 0 Å². The van der Waals surface area contributed by atoms with Crippen molar-refractivity contribution in [3.05, 3.63) is 47.0 Å². The largest absolute Gasteiger partial charge is 0.373 e. The van der Waals surface area contributed by atoms with Gasteiger partial charge < -0.3 is 9.47 Å². The molecule has 0 spiro atoms. The molecule has 0 radical (unpaired) electrons. The van der Waals surface area contributed by atoms with E-state index in [1.807, 2.05) is 0 Å². The highest BCUT2D eigenvalue weighted by Gasteiger charge is 2.25. The molecule has 2 heteroatoms. The van der Waals surface area contributed by atoms with E-state index in [-0.39, 0.29) is 0 Å². The van der Waals surface area contributed by atoms with E-state index >= 15 is 0 Å². The van der Waals surface area contributed by atoms with Gasteiger partial charge in [-0.2, -0.15) is 0 Å². The van der Waals surface area contributed by atoms with Crippen LogP contribution >= 0.6 is 0 Å². The Morgan fingerprint density at radius 3 is 2.65 bits per heavy atom. The van der Waals surface area contributed by atoms with E-state index in [2.05, 4.69) is 37.3 Å². The van der Waals surface area contributed by atoms with Gasteiger partial charge in [0.05, 0.1) is 25.4 Å². The molecular formula is C18H24O2. The van der Waals surface area contributed by atoms with Gasteiger partial charge in [-0.25, -0.2) is 0 Å². The first-order valence-electron chi connectivity index (χ1n) is 7.82. The van der Waals surface area contributed by atoms with Gasteiger partial charge in [0.1, 0.15) is 0 Å². The van der Waals surface area contributed by atoms with Crippen molar-refractivity contribution in [1.29, 1.82) is 0 Å². The van der Waals surface area contributed by atoms with Crippen LogP contribution in [0.5, 0.6) is 0 Å². The summed E-state index contributed by atoms with van der Waals surface area (Å²) in [5.74, 6) is 0. The first kappa shape index (κ1) is 13.8. The summed E-state index contributed by atoms with van der Waals surface area (Å²) in [6, 6.07) is 8.98. The summed E-state index contributed by atoms with van der Waals surface area (Å²) in [5, 5.41) is 0. The van der Waals surface area contributed by atoms with E-state index < -0.39 is 0 Å². The lowest BCUT2D eigenvalue weighted by molar-refractivity contribution is 0.402. The van der Waals surface area contributed by atoms with Crippen LogP contribution in [-0.2, 0) is 22.3 Å². The fourth-order valence-corrected chi connectivity index (χ4v) is 2.58. The third-order valence-electron chi connectivity index (χ3n) is 4.10. The van der Waals surface area contributed by atoms with Crippen molar-refractivity contribution in [3.8, 4) is 0 Å². The summed E-state index contributed by atoms with van der Waals surface area (Å²) in [6.45, 7) is 4.11. The van der Waals surface area contributed by atoms with Crippen molar-refractivity contribution in [1.82, 2.24) is 0 Å². The number of benzene rings is 1. The van der Waals surface area contributed by atoms with E-state index in [0.29, 0.717) is 12.2 Å². The molecule has 2 saturated heterocycles. The van der Waals surface area contributed by atoms with Crippen molar-refractivity contribution in [2.45, 2.75) is 51.2 Å². The van der Waals surface area contributed by atoms with Crippen LogP contribution in [0.25, 0.3) is 0 Å². The Bertz CT molecular complexity index is 470. The molecule has 0 amide bonds. The summed E-state index contributed by atoms with van der Waals surface area (Å²) >= 11 is 0. The monoisotopic (exact) mass is 272 g/mol. The zero-order valence-electron chi connectivity index (χ0n) is 12.3. The number of hydrogen-bond acceptors (Lipinski definition) is 2. The molecule has 3 rings (SSSR count). The van der Waals surface area contributed by atoms with Crippen LogP contribution < -0.4 is 0 Å². The molecule has 0 saturated carbocycles. The molecule has 2 atom stereocenters. The standard InChI is InChI=1S/C18H24O2/c1-2-14-4-3-5-15(10-14)6-7-16(11-18-13-20-18)8-9-17-12-19-17/h3-5,8,10,17-18H,2,6-7,9,11-13H2,1H3/b16-8-. The summed E-state index contributed by atoms with van der Waals surface area (Å²) in [6.07, 6.45) is 8.97. The van der Waals surface area contributed by atoms with Gasteiger partial charge in [-0.05, 0) is 43.2 Å². The summed E-state index contributed by atoms with van der Waals surface area (Å²) in [5.41, 5.74) is 4.43. The van der Waals surface area contributed by atoms with Gasteiger partial charge in [0, 0.05) is 0 Å². The Balaban J connectivity index is 1.55. The average molecular weight is 272 g/mol. The highest BCUT2D eigenvalue weighted by molar-refractivity contribution is 5.24. The molecular weight excluding hydrogens is 248 g/mol. The Hall–Kier alpha value is -1.12. The molecule has 20 heavy (non-hydrogen) atoms. The lowest BCUT2D eigenvalue weighted by Gasteiger charge is -2.08. The number of aryl methyl sites for hydroxylation is 2. The Morgan fingerprint density at radius 2 is 1.95 bits per heavy atom. The van der Waals surface area contributed by atoms with E-state index in [1.165, 1.54) is 11.1 Å². The van der Waals surface area contributed by atoms with Crippen molar-refractivity contribution >= 4 is 0 Å². The van der Waals surface area contributed by atoms with Crippen molar-refractivity contribution in [3.63, 3.8) is 0 Å². The molecule has 1 aromatic rings. The average Bonchev–Trinajstić information content (AvgIpc) is 3.36. The van der Waals surface area contributed by atoms with E-state index in [1.54, 1.807) is 5.57 Å². The summed E-state index contributed by atoms with van der Waals surface area (Å²) in [7, 11) is 0. The van der Waals surface area contributed by atoms with E-state index in [4.69, 9.17) is 9.47 Å². The molecule has 1 aromatic carbocycles. The number of hydrogen-bond donors (Lipinski definition) is 0. The molecule has 0 aliphatic carbocycles. The van der Waals surface area contributed by atoms with Gasteiger partial charge in [0.2, 0.25) is 0 Å². The smallest absolute Gasteiger partial charge is 0.0846 e. The molecule has 2 aliphatic rings. The number of ether oxygens (including phenoxy) is 2. The fourth-order valence-electron chi connectivity index (χ4n) is 2.58. The topological polar surface area (TPSA) is 25.1 Å². The van der Waals surface area contributed by atoms with Crippen molar-refractivity contribution < 1.29 is 9.47 Å². The maximum Gasteiger partial charge on any atom is 0.0846 e. The van der Waals surface area contributed by atoms with Gasteiger partial charge in [-0.15, -0.1) is 0 Å². The van der Waals surface area contributed by atoms with Crippen LogP contribution in [0.4, 0.5) is 0 Å². The third kappa shape index (κ3) is 4.46. The Kier molecular flexibility index (Phi) is 4.54. The second kappa shape index (κ2) is 6.55. The maximum atomic E-state index is 5.38. The Morgan fingerprint density at radius 1 is 1.20 bits per heavy atom. The lowest BCUT2D eigenvalue weighted by atomic mass is 9.98. The zero-order chi connectivity index (χ0) is 13.8. The first-order valence-corrected chi connectivity index (χ1v) is 7.82. The van der Waals surface area contributed by atoms with Crippen LogP contribution in [0, 0.1) is 0 Å². The van der Waals surface area contributed by atoms with Gasteiger partial charge in [-0.3, -0.25) is 0 Å². The second-order valence-corrected chi connectivity index (χ2v) is 5.89. The molecule has 2 unspecified atom stereocenters. The Labute approximate surface area is 121 Å². The van der Waals surface area contributed by atoms with Crippen molar-refractivity contribution in [2.24, 2.45) is 0 Å². The van der Waals surface area contributed by atoms with E-state index in [0.717, 1.165) is 45.3 Å². The third-order valence-corrected chi connectivity index (χ3v) is 4.10. The van der Waals surface area contributed by atoms with Gasteiger partial charge in [-0.1, -0.05) is 42.8 Å². The molecule has 2 fully saturated rings. The van der Waals surface area contributed by atoms with Gasteiger partial charge in [0.15, 0.2) is 0 Å². The van der Waals surface area contributed by atoms with Crippen LogP contribution in [0.3, 0.4) is 0 Å². The quantitative estimate of drug-likeness (QED) is 0.532. The fraction of sp³-hybridized carbons (Fsp3) is 0.556. The van der Waals surface area contributed by atoms with Crippen LogP contribution in [0.15, 0.2) is 35.9 Å². The minimum Gasteiger partial charge on any atom is -0.373 e. The molecule has 0 bridgehead atoms. The summed E-state index contributed by atoms with van der Waals surface area (Å²) < 4.78 is 10.7. The summed E-state index contributed by atoms with van der Waals surface area (Å²) in [4.78, 5) is 0. The molecule has 108 valence electrons. The lowest BCUT2D eigenvalue weighted by Crippen LogP contribution is -1.96. The first-order chi connectivity index (χ1) is 9.83. The number of rotatable bonds is 8. The van der Waals surface area contributed by atoms with E-state index in [9.17, 15) is 0 Å². The minimum absolute atomic E-state index is 0.489. The molecule has 2 nitrogen and oxygen atoms in total. The minimum atomic E-state index is 0.489. The molecule has 2 heterocycles. The maximum absolute atomic E-state index is 5.38. The van der Waals surface area contributed by atoms with Crippen LogP contribution in [0.2, 0.25) is 0 Å².